The van der Waals surface area contributed by atoms with Crippen LogP contribution in [-0.2, 0) is 0 Å². The van der Waals surface area contributed by atoms with E-state index in [-0.39, 0.29) is 12.6 Å². The highest BCUT2D eigenvalue weighted by atomic mass is 35.5. The molecular formula is C24H30Cl2N6O. The number of β-amino-alcohol motifs (C(OH)–C–C–N with tert-alkyl or cyclic N) is 1. The second-order valence-electron chi connectivity index (χ2n) is 9.36. The molecule has 1 aromatic carbocycles. The molecule has 176 valence electrons. The lowest BCUT2D eigenvalue weighted by atomic mass is 9.80. The number of anilines is 1. The van der Waals surface area contributed by atoms with E-state index in [0.29, 0.717) is 21.9 Å². The van der Waals surface area contributed by atoms with Gasteiger partial charge in [-0.3, -0.25) is 0 Å². The average Bonchev–Trinajstić information content (AvgIpc) is 3.09. The number of piperidine rings is 1. The summed E-state index contributed by atoms with van der Waals surface area (Å²) in [4.78, 5) is 14.4. The van der Waals surface area contributed by atoms with Crippen LogP contribution in [0, 0.1) is 18.8 Å². The molecule has 1 N–H and O–H groups in total. The van der Waals surface area contributed by atoms with Gasteiger partial charge in [0.25, 0.3) is 0 Å². The van der Waals surface area contributed by atoms with Crippen molar-refractivity contribution in [1.29, 1.82) is 0 Å². The number of aryl methyl sites for hydroxylation is 1. The van der Waals surface area contributed by atoms with Gasteiger partial charge in [-0.05, 0) is 62.8 Å². The third-order valence-corrected chi connectivity index (χ3v) is 7.76. The summed E-state index contributed by atoms with van der Waals surface area (Å²) in [6, 6.07) is 5.46. The fraction of sp³-hybridized carbons (Fsp3) is 0.542. The zero-order valence-electron chi connectivity index (χ0n) is 19.1. The highest BCUT2D eigenvalue weighted by molar-refractivity contribution is 6.35. The van der Waals surface area contributed by atoms with Crippen LogP contribution < -0.4 is 4.90 Å². The minimum Gasteiger partial charge on any atom is -0.395 e. The summed E-state index contributed by atoms with van der Waals surface area (Å²) in [7, 11) is 0. The van der Waals surface area contributed by atoms with E-state index in [1.807, 2.05) is 29.9 Å². The van der Waals surface area contributed by atoms with Gasteiger partial charge in [0.15, 0.2) is 5.65 Å². The molecule has 0 amide bonds. The number of benzene rings is 1. The number of aliphatic hydroxyl groups excluding tert-OH is 1. The summed E-state index contributed by atoms with van der Waals surface area (Å²) < 4.78 is 1.92. The lowest BCUT2D eigenvalue weighted by Crippen LogP contribution is -2.54. The molecule has 0 saturated carbocycles. The second-order valence-corrected chi connectivity index (χ2v) is 10.2. The lowest BCUT2D eigenvalue weighted by Gasteiger charge is -2.47. The number of hydrogen-bond acceptors (Lipinski definition) is 6. The van der Waals surface area contributed by atoms with E-state index in [4.69, 9.17) is 38.3 Å². The maximum absolute atomic E-state index is 9.27. The quantitative estimate of drug-likeness (QED) is 0.560. The van der Waals surface area contributed by atoms with Crippen molar-refractivity contribution in [1.82, 2.24) is 24.6 Å². The van der Waals surface area contributed by atoms with Crippen LogP contribution in [-0.4, -0.2) is 69.1 Å². The van der Waals surface area contributed by atoms with Gasteiger partial charge in [0.1, 0.15) is 11.3 Å². The summed E-state index contributed by atoms with van der Waals surface area (Å²) in [5, 5.41) is 15.2. The van der Waals surface area contributed by atoms with Crippen molar-refractivity contribution in [2.75, 3.05) is 44.2 Å². The number of aromatic nitrogens is 4. The Morgan fingerprint density at radius 3 is 2.76 bits per heavy atom. The maximum atomic E-state index is 9.27. The smallest absolute Gasteiger partial charge is 0.179 e. The molecule has 2 atom stereocenters. The highest BCUT2D eigenvalue weighted by Crippen LogP contribution is 2.35. The Balaban J connectivity index is 1.35. The third-order valence-electron chi connectivity index (χ3n) is 7.20. The van der Waals surface area contributed by atoms with Crippen molar-refractivity contribution >= 4 is 40.2 Å². The molecule has 0 bridgehead atoms. The minimum absolute atomic E-state index is 0.0978. The summed E-state index contributed by atoms with van der Waals surface area (Å²) in [6.07, 6.45) is 4.36. The first-order valence-electron chi connectivity index (χ1n) is 11.7. The summed E-state index contributed by atoms with van der Waals surface area (Å²) in [6.45, 7) is 9.26. The van der Waals surface area contributed by atoms with Gasteiger partial charge < -0.3 is 14.9 Å². The van der Waals surface area contributed by atoms with Crippen LogP contribution in [0.1, 0.15) is 37.1 Å². The summed E-state index contributed by atoms with van der Waals surface area (Å²) >= 11 is 12.6. The van der Waals surface area contributed by atoms with Crippen LogP contribution >= 0.6 is 23.2 Å². The molecule has 5 rings (SSSR count). The standard InChI is InChI=1S/C24H30Cl2N6O/c1-15-23-24(32(29-15)16(2)20-6-5-19(25)10-21(20)26)28-22(11-27-23)31-13-18(14-31)17-4-3-7-30(12-17)8-9-33/h5-6,10-11,16-18,33H,3-4,7-9,12-14H2,1-2H3/t16-,17-/m1/s1. The van der Waals surface area contributed by atoms with E-state index in [1.54, 1.807) is 6.07 Å². The van der Waals surface area contributed by atoms with Crippen LogP contribution in [0.3, 0.4) is 0 Å². The number of rotatable bonds is 6. The second kappa shape index (κ2) is 9.37. The molecule has 2 aliphatic heterocycles. The Morgan fingerprint density at radius 2 is 2.00 bits per heavy atom. The van der Waals surface area contributed by atoms with Crippen LogP contribution in [0.25, 0.3) is 11.2 Å². The molecule has 0 radical (unpaired) electrons. The van der Waals surface area contributed by atoms with Gasteiger partial charge in [-0.2, -0.15) is 5.10 Å². The van der Waals surface area contributed by atoms with Crippen LogP contribution in [0.2, 0.25) is 10.0 Å². The first-order valence-corrected chi connectivity index (χ1v) is 12.4. The van der Waals surface area contributed by atoms with Crippen molar-refractivity contribution in [3.63, 3.8) is 0 Å². The zero-order chi connectivity index (χ0) is 23.1. The van der Waals surface area contributed by atoms with Crippen molar-refractivity contribution in [2.45, 2.75) is 32.7 Å². The predicted molar refractivity (Wildman–Crippen MR) is 132 cm³/mol. The van der Waals surface area contributed by atoms with Gasteiger partial charge in [-0.25, -0.2) is 14.6 Å². The van der Waals surface area contributed by atoms with Gasteiger partial charge in [0.2, 0.25) is 0 Å². The number of hydrogen-bond donors (Lipinski definition) is 1. The van der Waals surface area contributed by atoms with Gasteiger partial charge in [0.05, 0.1) is 24.5 Å². The normalized spacial score (nSPS) is 20.9. The number of aliphatic hydroxyl groups is 1. The van der Waals surface area contributed by atoms with E-state index in [2.05, 4.69) is 16.7 Å². The Hall–Kier alpha value is -1.93. The molecule has 2 aliphatic rings. The molecule has 33 heavy (non-hydrogen) atoms. The third kappa shape index (κ3) is 4.44. The molecule has 0 spiro atoms. The lowest BCUT2D eigenvalue weighted by molar-refractivity contribution is 0.101. The van der Waals surface area contributed by atoms with Crippen molar-refractivity contribution in [2.24, 2.45) is 11.8 Å². The fourth-order valence-corrected chi connectivity index (χ4v) is 5.82. The van der Waals surface area contributed by atoms with Gasteiger partial charge in [-0.1, -0.05) is 29.3 Å². The molecule has 9 heteroatoms. The van der Waals surface area contributed by atoms with E-state index in [1.165, 1.54) is 12.8 Å². The molecular weight excluding hydrogens is 459 g/mol. The molecule has 2 saturated heterocycles. The largest absolute Gasteiger partial charge is 0.395 e. The molecule has 2 aromatic heterocycles. The van der Waals surface area contributed by atoms with E-state index in [9.17, 15) is 5.11 Å². The van der Waals surface area contributed by atoms with Gasteiger partial charge >= 0.3 is 0 Å². The van der Waals surface area contributed by atoms with Gasteiger partial charge in [-0.15, -0.1) is 0 Å². The van der Waals surface area contributed by atoms with E-state index < -0.39 is 0 Å². The summed E-state index contributed by atoms with van der Waals surface area (Å²) in [5.41, 5.74) is 3.40. The van der Waals surface area contributed by atoms with E-state index in [0.717, 1.165) is 61.0 Å². The zero-order valence-corrected chi connectivity index (χ0v) is 20.6. The molecule has 3 aromatic rings. The first kappa shape index (κ1) is 22.8. The molecule has 2 fully saturated rings. The molecule has 0 aliphatic carbocycles. The number of halogens is 2. The monoisotopic (exact) mass is 488 g/mol. The molecule has 0 unspecified atom stereocenters. The Bertz CT molecular complexity index is 1140. The number of nitrogens with zero attached hydrogens (tertiary/aromatic N) is 6. The van der Waals surface area contributed by atoms with Crippen LogP contribution in [0.15, 0.2) is 24.4 Å². The number of likely N-dealkylation sites (tertiary alicyclic amines) is 1. The predicted octanol–water partition coefficient (Wildman–Crippen LogP) is 4.19. The number of fused-ring (bicyclic) bond motifs is 1. The summed E-state index contributed by atoms with van der Waals surface area (Å²) in [5.74, 6) is 2.26. The topological polar surface area (TPSA) is 70.3 Å². The van der Waals surface area contributed by atoms with Crippen molar-refractivity contribution in [3.8, 4) is 0 Å². The fourth-order valence-electron chi connectivity index (χ4n) is 5.25. The van der Waals surface area contributed by atoms with E-state index >= 15 is 0 Å². The Kier molecular flexibility index (Phi) is 6.49. The highest BCUT2D eigenvalue weighted by Gasteiger charge is 2.36. The average molecular weight is 489 g/mol. The maximum Gasteiger partial charge on any atom is 0.179 e. The van der Waals surface area contributed by atoms with Gasteiger partial charge in [0, 0.05) is 36.2 Å². The van der Waals surface area contributed by atoms with Crippen molar-refractivity contribution < 1.29 is 5.11 Å². The van der Waals surface area contributed by atoms with Crippen LogP contribution in [0.4, 0.5) is 5.82 Å². The van der Waals surface area contributed by atoms with Crippen molar-refractivity contribution in [3.05, 3.63) is 45.7 Å². The minimum atomic E-state index is -0.0978. The van der Waals surface area contributed by atoms with Crippen LogP contribution in [0.5, 0.6) is 0 Å². The first-order chi connectivity index (χ1) is 15.9. The Morgan fingerprint density at radius 1 is 1.18 bits per heavy atom. The Labute approximate surface area is 204 Å². The molecule has 4 heterocycles. The molecule has 7 nitrogen and oxygen atoms in total. The SMILES string of the molecule is Cc1nn([C@H](C)c2ccc(Cl)cc2Cl)c2nc(N3CC([C@@H]4CCCN(CCO)C4)C3)cnc12.